The highest BCUT2D eigenvalue weighted by molar-refractivity contribution is 6.25. The number of fused-ring (bicyclic) bond motifs is 12. The van der Waals surface area contributed by atoms with Gasteiger partial charge in [0.2, 0.25) is 5.95 Å². The highest BCUT2D eigenvalue weighted by atomic mass is 15.2. The third-order valence-electron chi connectivity index (χ3n) is 12.6. The number of benzene rings is 10. The van der Waals surface area contributed by atoms with Crippen LogP contribution in [0, 0.1) is 0 Å². The summed E-state index contributed by atoms with van der Waals surface area (Å²) < 4.78 is 4.61. The van der Waals surface area contributed by atoms with E-state index in [4.69, 9.17) is 15.0 Å². The second-order valence-corrected chi connectivity index (χ2v) is 16.0. The van der Waals surface area contributed by atoms with E-state index in [1.54, 1.807) is 0 Å². The lowest BCUT2D eigenvalue weighted by atomic mass is 9.94. The maximum Gasteiger partial charge on any atom is 0.238 e. The normalized spacial score (nSPS) is 11.9. The van der Waals surface area contributed by atoms with Crippen molar-refractivity contribution in [2.24, 2.45) is 0 Å². The molecule has 0 bridgehead atoms. The fourth-order valence-electron chi connectivity index (χ4n) is 9.73. The molecule has 0 unspecified atom stereocenters. The Labute approximate surface area is 356 Å². The second kappa shape index (κ2) is 13.6. The number of hydrogen-bond acceptors (Lipinski definition) is 3. The molecular formula is C57H35N5. The first-order valence-corrected chi connectivity index (χ1v) is 21.0. The van der Waals surface area contributed by atoms with Crippen molar-refractivity contribution in [1.29, 1.82) is 0 Å². The van der Waals surface area contributed by atoms with Gasteiger partial charge >= 0.3 is 0 Å². The molecule has 5 heteroatoms. The number of aromatic nitrogens is 5. The lowest BCUT2D eigenvalue weighted by Crippen LogP contribution is -2.06. The van der Waals surface area contributed by atoms with Gasteiger partial charge in [0, 0.05) is 38.4 Å². The lowest BCUT2D eigenvalue weighted by molar-refractivity contribution is 0.953. The molecule has 13 aromatic rings. The van der Waals surface area contributed by atoms with Crippen LogP contribution in [-0.4, -0.2) is 24.1 Å². The van der Waals surface area contributed by atoms with E-state index in [1.165, 1.54) is 54.1 Å². The Kier molecular flexibility index (Phi) is 7.54. The first kappa shape index (κ1) is 34.5. The molecule has 0 aliphatic rings. The van der Waals surface area contributed by atoms with Gasteiger partial charge in [0.1, 0.15) is 0 Å². The van der Waals surface area contributed by atoms with Crippen LogP contribution in [0.3, 0.4) is 0 Å². The fourth-order valence-corrected chi connectivity index (χ4v) is 9.73. The van der Waals surface area contributed by atoms with Crippen molar-refractivity contribution in [3.8, 4) is 45.5 Å². The summed E-state index contributed by atoms with van der Waals surface area (Å²) in [6, 6.07) is 75.8. The van der Waals surface area contributed by atoms with Crippen LogP contribution in [-0.2, 0) is 0 Å². The van der Waals surface area contributed by atoms with Crippen molar-refractivity contribution in [2.75, 3.05) is 0 Å². The average molecular weight is 790 g/mol. The molecule has 3 heterocycles. The Balaban J connectivity index is 0.979. The molecule has 0 aliphatic heterocycles. The van der Waals surface area contributed by atoms with E-state index in [0.717, 1.165) is 49.7 Å². The Morgan fingerprint density at radius 3 is 1.18 bits per heavy atom. The Morgan fingerprint density at radius 2 is 0.645 bits per heavy atom. The zero-order valence-electron chi connectivity index (χ0n) is 33.4. The Morgan fingerprint density at radius 1 is 0.242 bits per heavy atom. The molecule has 0 N–H and O–H groups in total. The van der Waals surface area contributed by atoms with E-state index < -0.39 is 0 Å². The minimum Gasteiger partial charge on any atom is -0.309 e. The molecule has 0 atom stereocenters. The van der Waals surface area contributed by atoms with Crippen molar-refractivity contribution in [1.82, 2.24) is 24.1 Å². The standard InChI is InChI=1S/C57H35N5/c1-3-15-36(16-4-1)55-58-56(37-17-5-2-6-18-37)60-57(59-55)62-52-26-14-12-24-47(52)50-34-39(28-32-54(50)62)38-27-31-53-49(33-38)46-23-11-13-25-51(46)61(53)40-29-30-45-43-21-8-7-19-41(43)42-20-9-10-22-44(42)48(45)35-40/h1-35H. The summed E-state index contributed by atoms with van der Waals surface area (Å²) in [7, 11) is 0. The van der Waals surface area contributed by atoms with Gasteiger partial charge in [-0.15, -0.1) is 0 Å². The quantitative estimate of drug-likeness (QED) is 0.163. The fraction of sp³-hybridized carbons (Fsp3) is 0. The molecule has 3 aromatic heterocycles. The van der Waals surface area contributed by atoms with Crippen LogP contribution < -0.4 is 0 Å². The summed E-state index contributed by atoms with van der Waals surface area (Å²) in [5.74, 6) is 1.85. The maximum atomic E-state index is 5.13. The van der Waals surface area contributed by atoms with Gasteiger partial charge in [-0.2, -0.15) is 9.97 Å². The number of para-hydroxylation sites is 2. The van der Waals surface area contributed by atoms with Gasteiger partial charge in [-0.1, -0.05) is 164 Å². The van der Waals surface area contributed by atoms with Gasteiger partial charge in [-0.3, -0.25) is 4.57 Å². The van der Waals surface area contributed by atoms with E-state index in [2.05, 4.69) is 161 Å². The van der Waals surface area contributed by atoms with Crippen LogP contribution >= 0.6 is 0 Å². The average Bonchev–Trinajstić information content (AvgIpc) is 3.86. The molecule has 10 aromatic carbocycles. The van der Waals surface area contributed by atoms with Crippen LogP contribution in [0.4, 0.5) is 0 Å². The summed E-state index contributed by atoms with van der Waals surface area (Å²) in [4.78, 5) is 15.2. The first-order chi connectivity index (χ1) is 30.7. The maximum absolute atomic E-state index is 5.13. The Bertz CT molecular complexity index is 3830. The van der Waals surface area contributed by atoms with Gasteiger partial charge in [0.15, 0.2) is 11.6 Å². The summed E-state index contributed by atoms with van der Waals surface area (Å²) in [5, 5.41) is 12.4. The Hall–Kier alpha value is -8.41. The zero-order chi connectivity index (χ0) is 40.7. The number of nitrogens with zero attached hydrogens (tertiary/aromatic N) is 5. The van der Waals surface area contributed by atoms with E-state index in [1.807, 2.05) is 60.7 Å². The minimum atomic E-state index is 0.584. The summed E-state index contributed by atoms with van der Waals surface area (Å²) in [5.41, 5.74) is 9.77. The van der Waals surface area contributed by atoms with Crippen LogP contribution in [0.15, 0.2) is 212 Å². The van der Waals surface area contributed by atoms with Gasteiger partial charge in [-0.25, -0.2) is 4.98 Å². The molecule has 62 heavy (non-hydrogen) atoms. The zero-order valence-corrected chi connectivity index (χ0v) is 33.4. The van der Waals surface area contributed by atoms with Gasteiger partial charge < -0.3 is 4.57 Å². The van der Waals surface area contributed by atoms with Crippen molar-refractivity contribution in [3.05, 3.63) is 212 Å². The highest BCUT2D eigenvalue weighted by Gasteiger charge is 2.20. The van der Waals surface area contributed by atoms with Crippen molar-refractivity contribution >= 4 is 75.9 Å². The van der Waals surface area contributed by atoms with Gasteiger partial charge in [-0.05, 0) is 92.0 Å². The summed E-state index contributed by atoms with van der Waals surface area (Å²) >= 11 is 0. The molecule has 0 aliphatic carbocycles. The molecule has 5 nitrogen and oxygen atoms in total. The number of hydrogen-bond donors (Lipinski definition) is 0. The third-order valence-corrected chi connectivity index (χ3v) is 12.6. The van der Waals surface area contributed by atoms with Crippen molar-refractivity contribution in [2.45, 2.75) is 0 Å². The molecule has 0 radical (unpaired) electrons. The lowest BCUT2D eigenvalue weighted by Gasteiger charge is -2.14. The molecular weight excluding hydrogens is 755 g/mol. The van der Waals surface area contributed by atoms with Crippen molar-refractivity contribution < 1.29 is 0 Å². The van der Waals surface area contributed by atoms with E-state index in [9.17, 15) is 0 Å². The van der Waals surface area contributed by atoms with E-state index in [0.29, 0.717) is 17.6 Å². The SMILES string of the molecule is c1ccc(-c2nc(-c3ccccc3)nc(-n3c4ccccc4c4cc(-c5ccc6c(c5)c5ccccc5n6-c5ccc6c7ccccc7c7ccccc7c6c5)ccc43)n2)cc1. The van der Waals surface area contributed by atoms with Crippen LogP contribution in [0.5, 0.6) is 0 Å². The van der Waals surface area contributed by atoms with E-state index >= 15 is 0 Å². The number of rotatable bonds is 5. The molecule has 0 amide bonds. The third kappa shape index (κ3) is 5.25. The predicted molar refractivity (Wildman–Crippen MR) is 257 cm³/mol. The summed E-state index contributed by atoms with van der Waals surface area (Å²) in [6.07, 6.45) is 0. The van der Waals surface area contributed by atoms with Crippen LogP contribution in [0.2, 0.25) is 0 Å². The minimum absolute atomic E-state index is 0.584. The molecule has 0 spiro atoms. The van der Waals surface area contributed by atoms with Crippen LogP contribution in [0.1, 0.15) is 0 Å². The van der Waals surface area contributed by atoms with Crippen LogP contribution in [0.25, 0.3) is 121 Å². The van der Waals surface area contributed by atoms with Crippen molar-refractivity contribution in [3.63, 3.8) is 0 Å². The van der Waals surface area contributed by atoms with Gasteiger partial charge in [0.05, 0.1) is 22.1 Å². The summed E-state index contributed by atoms with van der Waals surface area (Å²) in [6.45, 7) is 0. The predicted octanol–water partition coefficient (Wildman–Crippen LogP) is 14.5. The molecule has 13 rings (SSSR count). The molecule has 0 saturated carbocycles. The van der Waals surface area contributed by atoms with Gasteiger partial charge in [0.25, 0.3) is 0 Å². The molecule has 0 saturated heterocycles. The molecule has 0 fully saturated rings. The van der Waals surface area contributed by atoms with E-state index in [-0.39, 0.29) is 0 Å². The molecule has 288 valence electrons. The topological polar surface area (TPSA) is 48.5 Å². The smallest absolute Gasteiger partial charge is 0.238 e. The first-order valence-electron chi connectivity index (χ1n) is 21.0. The second-order valence-electron chi connectivity index (χ2n) is 16.0. The largest absolute Gasteiger partial charge is 0.309 e. The highest BCUT2D eigenvalue weighted by Crippen LogP contribution is 2.41. The monoisotopic (exact) mass is 789 g/mol.